The number of alkyl halides is 1. The van der Waals surface area contributed by atoms with E-state index in [0.717, 1.165) is 38.6 Å². The predicted octanol–water partition coefficient (Wildman–Crippen LogP) is 5.63. The molecule has 3 saturated heterocycles. The highest BCUT2D eigenvalue weighted by Gasteiger charge is 2.49. The Balaban J connectivity index is 1.29. The van der Waals surface area contributed by atoms with Crippen LogP contribution in [0.5, 0.6) is 6.01 Å². The van der Waals surface area contributed by atoms with Crippen molar-refractivity contribution in [2.45, 2.75) is 56.7 Å². The van der Waals surface area contributed by atoms with Crippen molar-refractivity contribution in [2.24, 2.45) is 5.92 Å². The number of halogens is 3. The molecule has 0 aliphatic carbocycles. The maximum Gasteiger partial charge on any atom is 0.508 e. The number of carbonyl (C=O) groups excluding carboxylic acids is 1. The van der Waals surface area contributed by atoms with Gasteiger partial charge in [0.15, 0.2) is 5.82 Å². The Morgan fingerprint density at radius 3 is 2.96 bits per heavy atom. The minimum Gasteiger partial charge on any atom is -0.461 e. The summed E-state index contributed by atoms with van der Waals surface area (Å²) in [5.41, 5.74) is 1.26. The summed E-state index contributed by atoms with van der Waals surface area (Å²) >= 11 is 6.73. The second-order valence-corrected chi connectivity index (χ2v) is 13.3. The van der Waals surface area contributed by atoms with Crippen LogP contribution < -0.4 is 9.64 Å². The van der Waals surface area contributed by atoms with Gasteiger partial charge >= 0.3 is 12.2 Å². The van der Waals surface area contributed by atoms with E-state index in [4.69, 9.17) is 30.8 Å². The molecule has 0 spiro atoms. The van der Waals surface area contributed by atoms with Crippen molar-refractivity contribution >= 4 is 45.4 Å². The van der Waals surface area contributed by atoms with Gasteiger partial charge in [0, 0.05) is 60.6 Å². The predicted molar refractivity (Wildman–Crippen MR) is 166 cm³/mol. The van der Waals surface area contributed by atoms with Crippen LogP contribution in [0.2, 0.25) is 5.02 Å². The summed E-state index contributed by atoms with van der Waals surface area (Å²) in [6, 6.07) is 1.74. The van der Waals surface area contributed by atoms with Crippen molar-refractivity contribution in [3.63, 3.8) is 0 Å². The van der Waals surface area contributed by atoms with E-state index in [1.54, 1.807) is 18.5 Å². The molecule has 0 radical (unpaired) electrons. The molecule has 11 nitrogen and oxygen atoms in total. The third-order valence-corrected chi connectivity index (χ3v) is 10.3. The van der Waals surface area contributed by atoms with Crippen LogP contribution in [0.3, 0.4) is 0 Å². The molecule has 3 atom stereocenters. The summed E-state index contributed by atoms with van der Waals surface area (Å²) in [6.07, 6.45) is 6.55. The Kier molecular flexibility index (Phi) is 7.55. The zero-order valence-corrected chi connectivity index (χ0v) is 26.0. The van der Waals surface area contributed by atoms with Crippen LogP contribution in [-0.4, -0.2) is 93.9 Å². The molecule has 14 heteroatoms. The number of H-pyrrole nitrogens is 1. The van der Waals surface area contributed by atoms with Crippen LogP contribution >= 0.6 is 11.6 Å². The Hall–Kier alpha value is -3.84. The van der Waals surface area contributed by atoms with Crippen molar-refractivity contribution in [3.8, 4) is 17.3 Å². The second kappa shape index (κ2) is 11.8. The fourth-order valence-electron chi connectivity index (χ4n) is 7.79. The first-order valence-corrected chi connectivity index (χ1v) is 16.3. The smallest absolute Gasteiger partial charge is 0.461 e. The molecule has 3 aromatic heterocycles. The number of aromatic amines is 1. The number of carbonyl (C=O) groups is 1. The first kappa shape index (κ1) is 29.6. The van der Waals surface area contributed by atoms with Gasteiger partial charge in [0.25, 0.3) is 0 Å². The van der Waals surface area contributed by atoms with E-state index in [-0.39, 0.29) is 49.4 Å². The van der Waals surface area contributed by atoms with Gasteiger partial charge in [-0.1, -0.05) is 18.0 Å². The Morgan fingerprint density at radius 1 is 1.13 bits per heavy atom. The molecule has 4 aromatic rings. The van der Waals surface area contributed by atoms with Gasteiger partial charge in [-0.2, -0.15) is 15.1 Å². The highest BCUT2D eigenvalue weighted by atomic mass is 35.5. The number of fused-ring (bicyclic) bond motifs is 8. The summed E-state index contributed by atoms with van der Waals surface area (Å²) in [5.74, 6) is -0.152. The maximum atomic E-state index is 17.0. The highest BCUT2D eigenvalue weighted by Crippen LogP contribution is 2.42. The number of hydrogen-bond acceptors (Lipinski definition) is 10. The van der Waals surface area contributed by atoms with E-state index < -0.39 is 23.7 Å². The Labute approximate surface area is 268 Å². The van der Waals surface area contributed by atoms with E-state index >= 15 is 4.39 Å². The first-order chi connectivity index (χ1) is 22.4. The molecule has 0 amide bonds. The van der Waals surface area contributed by atoms with Crippen molar-refractivity contribution in [2.75, 3.05) is 50.9 Å². The van der Waals surface area contributed by atoms with Gasteiger partial charge in [0.1, 0.15) is 29.8 Å². The van der Waals surface area contributed by atoms with E-state index in [2.05, 4.69) is 30.0 Å². The molecule has 46 heavy (non-hydrogen) atoms. The number of pyridine rings is 1. The third-order valence-electron chi connectivity index (χ3n) is 9.99. The van der Waals surface area contributed by atoms with E-state index in [1.165, 1.54) is 0 Å². The molecule has 3 fully saturated rings. The molecule has 9 rings (SSSR count). The fraction of sp³-hybridized carbons (Fsp3) is 0.531. The third kappa shape index (κ3) is 5.17. The van der Waals surface area contributed by atoms with E-state index in [9.17, 15) is 9.18 Å². The molecule has 1 N–H and O–H groups in total. The van der Waals surface area contributed by atoms with Crippen LogP contribution in [0.1, 0.15) is 44.1 Å². The van der Waals surface area contributed by atoms with Gasteiger partial charge < -0.3 is 19.1 Å². The second-order valence-electron chi connectivity index (χ2n) is 12.9. The van der Waals surface area contributed by atoms with Gasteiger partial charge in [-0.3, -0.25) is 15.0 Å². The molecule has 8 heterocycles. The number of rotatable bonds is 3. The normalized spacial score (nSPS) is 25.5. The fourth-order valence-corrected chi connectivity index (χ4v) is 8.09. The first-order valence-electron chi connectivity index (χ1n) is 16.0. The molecule has 0 saturated carbocycles. The summed E-state index contributed by atoms with van der Waals surface area (Å²) in [6.45, 7) is 2.77. The number of nitrogens with zero attached hydrogens (tertiary/aromatic N) is 6. The van der Waals surface area contributed by atoms with Gasteiger partial charge in [-0.25, -0.2) is 13.6 Å². The minimum absolute atomic E-state index is 0.00452. The minimum atomic E-state index is -0.907. The molecule has 6 bridgehead atoms. The lowest BCUT2D eigenvalue weighted by Gasteiger charge is -2.31. The van der Waals surface area contributed by atoms with Crippen molar-refractivity contribution in [3.05, 3.63) is 34.9 Å². The lowest BCUT2D eigenvalue weighted by Crippen LogP contribution is -2.43. The maximum absolute atomic E-state index is 17.0. The summed E-state index contributed by atoms with van der Waals surface area (Å²) < 4.78 is 48.7. The van der Waals surface area contributed by atoms with Crippen LogP contribution in [0.25, 0.3) is 33.1 Å². The van der Waals surface area contributed by atoms with Crippen LogP contribution in [0.15, 0.2) is 18.5 Å². The number of nitrogens with one attached hydrogen (secondary N) is 1. The zero-order valence-electron chi connectivity index (χ0n) is 25.2. The van der Waals surface area contributed by atoms with Crippen LogP contribution in [-0.2, 0) is 15.9 Å². The van der Waals surface area contributed by atoms with Gasteiger partial charge in [-0.05, 0) is 43.9 Å². The van der Waals surface area contributed by atoms with Gasteiger partial charge in [0.2, 0.25) is 0 Å². The van der Waals surface area contributed by atoms with Crippen molar-refractivity contribution < 1.29 is 27.8 Å². The number of benzene rings is 1. The van der Waals surface area contributed by atoms with Crippen molar-refractivity contribution in [1.82, 2.24) is 30.0 Å². The van der Waals surface area contributed by atoms with Gasteiger partial charge in [-0.15, -0.1) is 0 Å². The van der Waals surface area contributed by atoms with Crippen LogP contribution in [0.4, 0.5) is 19.4 Å². The van der Waals surface area contributed by atoms with Gasteiger partial charge in [0.05, 0.1) is 35.9 Å². The zero-order chi connectivity index (χ0) is 31.4. The number of ether oxygens (including phenoxy) is 3. The van der Waals surface area contributed by atoms with E-state index in [0.29, 0.717) is 64.3 Å². The summed E-state index contributed by atoms with van der Waals surface area (Å²) in [5, 5.41) is 8.46. The van der Waals surface area contributed by atoms with E-state index in [1.807, 2.05) is 0 Å². The standard InChI is InChI=1S/C32H34ClF2N7O4/c33-23-10-24-21(13-37-40-24)25-20(23)5-9-44-31(43)45-16-18-4-1-2-7-41(14-18)29-22-12-36-28(25)26(35)27(22)38-30(39-29)46-17-32-6-3-8-42(32)15-19(34)11-32/h10,12-13,18-19H,1-9,11,14-17H2,(H,37,40)/t18-,19-,32+/m1/s1. The molecular formula is C32H34ClF2N7O4. The Bertz CT molecular complexity index is 1820. The van der Waals surface area contributed by atoms with Crippen molar-refractivity contribution in [1.29, 1.82) is 0 Å². The average Bonchev–Trinajstić information content (AvgIpc) is 3.68. The molecule has 5 aliphatic rings. The SMILES string of the molecule is O=C1OCCc2c(Cl)cc3[nH]ncc3c2-c2ncc3c(nc(OC[C@@]45CCCN4C[C@H](F)C5)nc3c2F)N2CCCC[C@@H](CO1)C2. The number of anilines is 1. The Morgan fingerprint density at radius 2 is 2.04 bits per heavy atom. The highest BCUT2D eigenvalue weighted by molar-refractivity contribution is 6.33. The average molecular weight is 654 g/mol. The molecule has 1 aromatic carbocycles. The lowest BCUT2D eigenvalue weighted by atomic mass is 9.95. The quantitative estimate of drug-likeness (QED) is 0.279. The molecular weight excluding hydrogens is 620 g/mol. The number of hydrogen-bond donors (Lipinski definition) is 1. The molecule has 0 unspecified atom stereocenters. The summed E-state index contributed by atoms with van der Waals surface area (Å²) in [4.78, 5) is 30.9. The molecule has 5 aliphatic heterocycles. The number of aromatic nitrogens is 5. The molecule has 242 valence electrons. The largest absolute Gasteiger partial charge is 0.508 e. The summed E-state index contributed by atoms with van der Waals surface area (Å²) in [7, 11) is 0. The van der Waals surface area contributed by atoms with Crippen LogP contribution in [0, 0.1) is 11.7 Å². The monoisotopic (exact) mass is 653 g/mol. The lowest BCUT2D eigenvalue weighted by molar-refractivity contribution is 0.0450. The topological polar surface area (TPSA) is 119 Å².